The van der Waals surface area contributed by atoms with Crippen LogP contribution in [-0.4, -0.2) is 28.0 Å². The van der Waals surface area contributed by atoms with Crippen LogP contribution in [0, 0.1) is 10.1 Å². The summed E-state index contributed by atoms with van der Waals surface area (Å²) in [4.78, 5) is 14.4. The molecule has 1 aromatic carbocycles. The Morgan fingerprint density at radius 3 is 3.06 bits per heavy atom. The number of anilines is 1. The van der Waals surface area contributed by atoms with Crippen LogP contribution in [0.1, 0.15) is 6.92 Å². The predicted octanol–water partition coefficient (Wildman–Crippen LogP) is 2.90. The fourth-order valence-electron chi connectivity index (χ4n) is 1.42. The summed E-state index contributed by atoms with van der Waals surface area (Å²) in [7, 11) is 0. The molecule has 6 nitrogen and oxygen atoms in total. The van der Waals surface area contributed by atoms with E-state index in [1.165, 1.54) is 12.1 Å². The Bertz CT molecular complexity index is 570. The van der Waals surface area contributed by atoms with E-state index in [0.29, 0.717) is 22.4 Å². The van der Waals surface area contributed by atoms with Crippen molar-refractivity contribution in [2.24, 2.45) is 0 Å². The monoisotopic (exact) mass is 267 g/mol. The molecule has 0 saturated heterocycles. The summed E-state index contributed by atoms with van der Waals surface area (Å²) in [5.41, 5.74) is 1.04. The number of rotatable bonds is 5. The van der Waals surface area contributed by atoms with Crippen LogP contribution in [0.15, 0.2) is 22.6 Å². The Balaban J connectivity index is 2.19. The number of non-ortho nitro benzene ring substituents is 1. The minimum atomic E-state index is -0.447. The van der Waals surface area contributed by atoms with Gasteiger partial charge < -0.3 is 9.73 Å². The Labute approximate surface area is 108 Å². The molecule has 0 aliphatic carbocycles. The molecule has 0 bridgehead atoms. The van der Waals surface area contributed by atoms with Crippen LogP contribution in [0.5, 0.6) is 0 Å². The predicted molar refractivity (Wildman–Crippen MR) is 72.1 cm³/mol. The third-order valence-electron chi connectivity index (χ3n) is 2.53. The van der Waals surface area contributed by atoms with E-state index in [9.17, 15) is 10.1 Å². The highest BCUT2D eigenvalue weighted by atomic mass is 32.2. The lowest BCUT2D eigenvalue weighted by atomic mass is 10.3. The fraction of sp³-hybridized carbons (Fsp3) is 0.364. The third kappa shape index (κ3) is 2.73. The van der Waals surface area contributed by atoms with Crippen LogP contribution < -0.4 is 5.32 Å². The molecule has 0 fully saturated rings. The highest BCUT2D eigenvalue weighted by molar-refractivity contribution is 7.99. The lowest BCUT2D eigenvalue weighted by Crippen LogP contribution is -2.12. The summed E-state index contributed by atoms with van der Waals surface area (Å²) in [6, 6.07) is 4.76. The molecule has 1 atom stereocenters. The average Bonchev–Trinajstić information content (AvgIpc) is 2.77. The van der Waals surface area contributed by atoms with Crippen molar-refractivity contribution in [1.82, 2.24) is 4.98 Å². The number of aromatic nitrogens is 1. The van der Waals surface area contributed by atoms with Gasteiger partial charge in [-0.3, -0.25) is 10.1 Å². The second-order valence-electron chi connectivity index (χ2n) is 3.86. The lowest BCUT2D eigenvalue weighted by molar-refractivity contribution is -0.384. The molecule has 18 heavy (non-hydrogen) atoms. The topological polar surface area (TPSA) is 81.2 Å². The second-order valence-corrected chi connectivity index (χ2v) is 5.13. The van der Waals surface area contributed by atoms with Crippen LogP contribution in [0.3, 0.4) is 0 Å². The van der Waals surface area contributed by atoms with Gasteiger partial charge in [0, 0.05) is 23.9 Å². The quantitative estimate of drug-likeness (QED) is 0.662. The molecular formula is C11H13N3O3S. The van der Waals surface area contributed by atoms with E-state index in [-0.39, 0.29) is 5.69 Å². The number of benzene rings is 1. The molecule has 7 heteroatoms. The molecule has 96 valence electrons. The smallest absolute Gasteiger partial charge is 0.295 e. The van der Waals surface area contributed by atoms with E-state index in [1.54, 1.807) is 17.8 Å². The Kier molecular flexibility index (Phi) is 3.71. The van der Waals surface area contributed by atoms with Gasteiger partial charge in [-0.1, -0.05) is 6.92 Å². The molecule has 1 aromatic heterocycles. The molecule has 0 amide bonds. The standard InChI is InChI=1S/C11H13N3O3S/c1-7(18-2)6-12-11-13-9-5-8(14(15)16)3-4-10(9)17-11/h3-5,7H,6H2,1-2H3,(H,12,13). The molecule has 1 N–H and O–H groups in total. The van der Waals surface area contributed by atoms with Gasteiger partial charge in [-0.2, -0.15) is 16.7 Å². The fourth-order valence-corrected chi connectivity index (χ4v) is 1.67. The summed E-state index contributed by atoms with van der Waals surface area (Å²) < 4.78 is 5.44. The van der Waals surface area contributed by atoms with E-state index in [1.807, 2.05) is 6.26 Å². The first kappa shape index (κ1) is 12.7. The van der Waals surface area contributed by atoms with Gasteiger partial charge in [-0.15, -0.1) is 0 Å². The Hall–Kier alpha value is -1.76. The van der Waals surface area contributed by atoms with Gasteiger partial charge in [0.1, 0.15) is 5.52 Å². The number of thioether (sulfide) groups is 1. The first-order valence-electron chi connectivity index (χ1n) is 5.42. The van der Waals surface area contributed by atoms with Crippen molar-refractivity contribution in [3.63, 3.8) is 0 Å². The zero-order valence-electron chi connectivity index (χ0n) is 10.0. The SMILES string of the molecule is CSC(C)CNc1nc2cc([N+](=O)[O-])ccc2o1. The Morgan fingerprint density at radius 1 is 1.61 bits per heavy atom. The molecule has 0 spiro atoms. The van der Waals surface area contributed by atoms with Crippen molar-refractivity contribution >= 4 is 34.6 Å². The number of fused-ring (bicyclic) bond motifs is 1. The van der Waals surface area contributed by atoms with E-state index in [0.717, 1.165) is 6.54 Å². The minimum absolute atomic E-state index is 0.0137. The molecule has 0 aliphatic rings. The van der Waals surface area contributed by atoms with E-state index in [2.05, 4.69) is 17.2 Å². The molecule has 0 radical (unpaired) electrons. The van der Waals surface area contributed by atoms with Gasteiger partial charge in [0.25, 0.3) is 11.7 Å². The summed E-state index contributed by atoms with van der Waals surface area (Å²) >= 11 is 1.74. The van der Waals surface area contributed by atoms with Gasteiger partial charge in [-0.25, -0.2) is 0 Å². The number of nitrogens with one attached hydrogen (secondary N) is 1. The van der Waals surface area contributed by atoms with Crippen molar-refractivity contribution in [3.8, 4) is 0 Å². The highest BCUT2D eigenvalue weighted by Gasteiger charge is 2.11. The number of hydrogen-bond donors (Lipinski definition) is 1. The number of hydrogen-bond acceptors (Lipinski definition) is 6. The highest BCUT2D eigenvalue weighted by Crippen LogP contribution is 2.23. The van der Waals surface area contributed by atoms with Gasteiger partial charge in [0.15, 0.2) is 5.58 Å². The maximum absolute atomic E-state index is 10.6. The molecule has 1 heterocycles. The maximum Gasteiger partial charge on any atom is 0.295 e. The van der Waals surface area contributed by atoms with Crippen molar-refractivity contribution in [1.29, 1.82) is 0 Å². The maximum atomic E-state index is 10.6. The number of oxazole rings is 1. The molecule has 2 rings (SSSR count). The van der Waals surface area contributed by atoms with Gasteiger partial charge in [-0.05, 0) is 12.3 Å². The summed E-state index contributed by atoms with van der Waals surface area (Å²) in [5.74, 6) is 0. The average molecular weight is 267 g/mol. The van der Waals surface area contributed by atoms with E-state index >= 15 is 0 Å². The number of nitrogens with zero attached hydrogens (tertiary/aromatic N) is 2. The van der Waals surface area contributed by atoms with Crippen LogP contribution in [-0.2, 0) is 0 Å². The molecule has 2 aromatic rings. The van der Waals surface area contributed by atoms with Crippen LogP contribution in [0.25, 0.3) is 11.1 Å². The normalized spacial score (nSPS) is 12.6. The van der Waals surface area contributed by atoms with Crippen LogP contribution >= 0.6 is 11.8 Å². The third-order valence-corrected chi connectivity index (χ3v) is 3.50. The zero-order chi connectivity index (χ0) is 13.1. The largest absolute Gasteiger partial charge is 0.424 e. The van der Waals surface area contributed by atoms with E-state index < -0.39 is 4.92 Å². The van der Waals surface area contributed by atoms with Crippen molar-refractivity contribution < 1.29 is 9.34 Å². The first-order chi connectivity index (χ1) is 8.60. The molecule has 0 saturated carbocycles. The van der Waals surface area contributed by atoms with E-state index in [4.69, 9.17) is 4.42 Å². The number of nitro benzene ring substituents is 1. The van der Waals surface area contributed by atoms with Gasteiger partial charge in [0.05, 0.1) is 4.92 Å². The summed E-state index contributed by atoms with van der Waals surface area (Å²) in [6.45, 7) is 2.82. The van der Waals surface area contributed by atoms with Crippen LogP contribution in [0.4, 0.5) is 11.7 Å². The number of nitro groups is 1. The van der Waals surface area contributed by atoms with Gasteiger partial charge >= 0.3 is 0 Å². The lowest BCUT2D eigenvalue weighted by Gasteiger charge is -2.06. The summed E-state index contributed by atoms with van der Waals surface area (Å²) in [5, 5.41) is 14.1. The molecular weight excluding hydrogens is 254 g/mol. The molecule has 1 unspecified atom stereocenters. The van der Waals surface area contributed by atoms with Crippen molar-refractivity contribution in [2.45, 2.75) is 12.2 Å². The molecule has 0 aliphatic heterocycles. The first-order valence-corrected chi connectivity index (χ1v) is 6.70. The second kappa shape index (κ2) is 5.26. The van der Waals surface area contributed by atoms with Crippen molar-refractivity contribution in [2.75, 3.05) is 18.1 Å². The van der Waals surface area contributed by atoms with Crippen molar-refractivity contribution in [3.05, 3.63) is 28.3 Å². The van der Waals surface area contributed by atoms with Gasteiger partial charge in [0.2, 0.25) is 0 Å². The minimum Gasteiger partial charge on any atom is -0.424 e. The van der Waals surface area contributed by atoms with Crippen LogP contribution in [0.2, 0.25) is 0 Å². The summed E-state index contributed by atoms with van der Waals surface area (Å²) in [6.07, 6.45) is 2.03. The Morgan fingerprint density at radius 2 is 2.39 bits per heavy atom. The zero-order valence-corrected chi connectivity index (χ0v) is 10.9.